The summed E-state index contributed by atoms with van der Waals surface area (Å²) in [5.74, 6) is 0. The van der Waals surface area contributed by atoms with Gasteiger partial charge in [0.2, 0.25) is 0 Å². The summed E-state index contributed by atoms with van der Waals surface area (Å²) in [6.45, 7) is 5.45. The first kappa shape index (κ1) is 22.3. The molecule has 0 aliphatic carbocycles. The summed E-state index contributed by atoms with van der Waals surface area (Å²) in [6.07, 6.45) is 16.9. The molecule has 0 aromatic carbocycles. The summed E-state index contributed by atoms with van der Waals surface area (Å²) in [5, 5.41) is 0. The lowest BCUT2D eigenvalue weighted by atomic mass is 10.1. The van der Waals surface area contributed by atoms with Gasteiger partial charge in [0.25, 0.3) is 0 Å². The molecule has 0 aromatic heterocycles. The molecule has 0 bridgehead atoms. The van der Waals surface area contributed by atoms with E-state index < -0.39 is 0 Å². The van der Waals surface area contributed by atoms with Gasteiger partial charge in [0.15, 0.2) is 0 Å². The predicted octanol–water partition coefficient (Wildman–Crippen LogP) is 5.88. The predicted molar refractivity (Wildman–Crippen MR) is 89.4 cm³/mol. The molecule has 0 atom stereocenters. The Morgan fingerprint density at radius 1 is 0.750 bits per heavy atom. The van der Waals surface area contributed by atoms with E-state index in [-0.39, 0.29) is 8.69 Å². The van der Waals surface area contributed by atoms with Crippen LogP contribution >= 0.6 is 8.69 Å². The Balaban J connectivity index is 0. The average Bonchev–Trinajstić information content (AvgIpc) is 2.46. The third-order valence-corrected chi connectivity index (χ3v) is 3.60. The van der Waals surface area contributed by atoms with E-state index in [2.05, 4.69) is 11.4 Å². The Kier molecular flexibility index (Phi) is 26.8. The zero-order valence-corrected chi connectivity index (χ0v) is 14.6. The van der Waals surface area contributed by atoms with Crippen LogP contribution in [0.5, 0.6) is 0 Å². The largest absolute Gasteiger partial charge is 0.330 e. The monoisotopic (exact) mass is 305 g/mol. The van der Waals surface area contributed by atoms with Crippen LogP contribution in [-0.2, 0) is 9.09 Å². The van der Waals surface area contributed by atoms with Gasteiger partial charge in [-0.1, -0.05) is 77.6 Å². The van der Waals surface area contributed by atoms with E-state index in [1.807, 2.05) is 0 Å². The van der Waals surface area contributed by atoms with Crippen LogP contribution in [0.15, 0.2) is 0 Å². The summed E-state index contributed by atoms with van der Waals surface area (Å²) in [7, 11) is -0.220. The molecule has 0 heterocycles. The minimum Gasteiger partial charge on any atom is -0.330 e. The number of unbranched alkanes of at least 4 members (excludes halogenated alkanes) is 11. The van der Waals surface area contributed by atoms with E-state index in [9.17, 15) is 4.57 Å². The maximum absolute atomic E-state index is 9.28. The molecule has 20 heavy (non-hydrogen) atoms. The molecule has 0 spiro atoms. The van der Waals surface area contributed by atoms with Crippen molar-refractivity contribution in [3.63, 3.8) is 0 Å². The zero-order valence-electron chi connectivity index (χ0n) is 13.7. The third-order valence-electron chi connectivity index (χ3n) is 3.24. The first-order chi connectivity index (χ1) is 9.83. The second-order valence-corrected chi connectivity index (χ2v) is 5.58. The van der Waals surface area contributed by atoms with E-state index in [1.165, 1.54) is 77.0 Å². The normalized spacial score (nSPS) is 10.3. The first-order valence-electron chi connectivity index (χ1n) is 8.48. The van der Waals surface area contributed by atoms with Crippen molar-refractivity contribution in [3.05, 3.63) is 0 Å². The molecule has 0 aliphatic heterocycles. The Morgan fingerprint density at radius 2 is 1.15 bits per heavy atom. The molecule has 0 unspecified atom stereocenters. The van der Waals surface area contributed by atoms with Crippen molar-refractivity contribution in [2.75, 3.05) is 13.2 Å². The van der Waals surface area contributed by atoms with Crippen molar-refractivity contribution < 1.29 is 9.09 Å². The van der Waals surface area contributed by atoms with E-state index in [0.29, 0.717) is 6.61 Å². The molecule has 3 nitrogen and oxygen atoms in total. The molecule has 4 heteroatoms. The van der Waals surface area contributed by atoms with Crippen molar-refractivity contribution in [1.29, 1.82) is 0 Å². The Bertz CT molecular complexity index is 157. The van der Waals surface area contributed by atoms with Crippen LogP contribution in [0.4, 0.5) is 0 Å². The van der Waals surface area contributed by atoms with Crippen molar-refractivity contribution in [2.24, 2.45) is 5.73 Å². The van der Waals surface area contributed by atoms with Gasteiger partial charge in [-0.05, 0) is 19.9 Å². The van der Waals surface area contributed by atoms with Gasteiger partial charge in [-0.25, -0.2) is 4.57 Å². The fourth-order valence-corrected chi connectivity index (χ4v) is 2.14. The summed E-state index contributed by atoms with van der Waals surface area (Å²) < 4.78 is 13.5. The number of hydrogen-bond donors (Lipinski definition) is 1. The standard InChI is InChI=1S/C14H31N.C2H5O2P/c1-2-3-4-5-6-7-8-9-10-11-12-13-14-15;1-2-4-5-3/h2-15H2,1H3;2H2,1H3. The molecule has 0 amide bonds. The van der Waals surface area contributed by atoms with E-state index >= 15 is 0 Å². The molecule has 122 valence electrons. The Labute approximate surface area is 128 Å². The lowest BCUT2D eigenvalue weighted by Crippen LogP contribution is -1.97. The smallest absolute Gasteiger partial charge is 0.327 e. The summed E-state index contributed by atoms with van der Waals surface area (Å²) in [6, 6.07) is 0. The molecule has 0 saturated carbocycles. The van der Waals surface area contributed by atoms with Gasteiger partial charge in [0.1, 0.15) is 0 Å². The van der Waals surface area contributed by atoms with Gasteiger partial charge < -0.3 is 5.73 Å². The van der Waals surface area contributed by atoms with Crippen molar-refractivity contribution >= 4 is 8.69 Å². The minimum absolute atomic E-state index is 0.220. The molecule has 0 fully saturated rings. The SMILES string of the molecule is CCCCCCCCCCCCCCN.CCOP=O. The number of hydrogen-bond acceptors (Lipinski definition) is 3. The number of rotatable bonds is 14. The average molecular weight is 305 g/mol. The summed E-state index contributed by atoms with van der Waals surface area (Å²) in [4.78, 5) is 0. The zero-order chi connectivity index (χ0) is 15.3. The van der Waals surface area contributed by atoms with Gasteiger partial charge in [-0.15, -0.1) is 0 Å². The Morgan fingerprint density at radius 3 is 1.40 bits per heavy atom. The van der Waals surface area contributed by atoms with Crippen LogP contribution < -0.4 is 5.73 Å². The fourth-order valence-electron chi connectivity index (χ4n) is 2.04. The molecular weight excluding hydrogens is 269 g/mol. The number of nitrogens with two attached hydrogens (primary N) is 1. The molecule has 0 aliphatic rings. The molecule has 0 radical (unpaired) electrons. The Hall–Kier alpha value is 0.0200. The highest BCUT2D eigenvalue weighted by Crippen LogP contribution is 2.11. The fraction of sp³-hybridized carbons (Fsp3) is 1.00. The lowest BCUT2D eigenvalue weighted by molar-refractivity contribution is 0.365. The van der Waals surface area contributed by atoms with Crippen LogP contribution in [0.1, 0.15) is 90.9 Å². The molecule has 0 saturated heterocycles. The first-order valence-corrected chi connectivity index (χ1v) is 9.21. The van der Waals surface area contributed by atoms with Crippen molar-refractivity contribution in [2.45, 2.75) is 90.9 Å². The topological polar surface area (TPSA) is 52.3 Å². The highest BCUT2D eigenvalue weighted by molar-refractivity contribution is 7.17. The van der Waals surface area contributed by atoms with Crippen molar-refractivity contribution in [3.8, 4) is 0 Å². The summed E-state index contributed by atoms with van der Waals surface area (Å²) >= 11 is 0. The van der Waals surface area contributed by atoms with Crippen LogP contribution in [0.2, 0.25) is 0 Å². The second-order valence-electron chi connectivity index (χ2n) is 5.17. The third kappa shape index (κ3) is 26.6. The van der Waals surface area contributed by atoms with Crippen LogP contribution in [0, 0.1) is 0 Å². The van der Waals surface area contributed by atoms with Crippen LogP contribution in [0.3, 0.4) is 0 Å². The molecular formula is C16H36NO2P. The van der Waals surface area contributed by atoms with Crippen LogP contribution in [-0.4, -0.2) is 13.2 Å². The van der Waals surface area contributed by atoms with E-state index in [0.717, 1.165) is 6.54 Å². The van der Waals surface area contributed by atoms with Gasteiger partial charge in [0.05, 0.1) is 6.61 Å². The maximum atomic E-state index is 9.28. The molecule has 0 rings (SSSR count). The highest BCUT2D eigenvalue weighted by Gasteiger charge is 1.92. The van der Waals surface area contributed by atoms with Gasteiger partial charge >= 0.3 is 8.69 Å². The van der Waals surface area contributed by atoms with E-state index in [4.69, 9.17) is 5.73 Å². The quantitative estimate of drug-likeness (QED) is 0.322. The van der Waals surface area contributed by atoms with Gasteiger partial charge in [-0.3, -0.25) is 4.52 Å². The van der Waals surface area contributed by atoms with Gasteiger partial charge in [-0.2, -0.15) is 0 Å². The highest BCUT2D eigenvalue weighted by atomic mass is 31.1. The second kappa shape index (κ2) is 24.1. The lowest BCUT2D eigenvalue weighted by Gasteiger charge is -2.01. The van der Waals surface area contributed by atoms with Gasteiger partial charge in [0, 0.05) is 0 Å². The summed E-state index contributed by atoms with van der Waals surface area (Å²) in [5.41, 5.74) is 5.45. The minimum atomic E-state index is -0.220. The molecule has 0 aromatic rings. The molecule has 2 N–H and O–H groups in total. The van der Waals surface area contributed by atoms with Crippen molar-refractivity contribution in [1.82, 2.24) is 0 Å². The van der Waals surface area contributed by atoms with E-state index in [1.54, 1.807) is 6.92 Å². The maximum Gasteiger partial charge on any atom is 0.327 e. The van der Waals surface area contributed by atoms with Crippen LogP contribution in [0.25, 0.3) is 0 Å².